The van der Waals surface area contributed by atoms with Gasteiger partial charge in [0.05, 0.1) is 5.75 Å². The number of thioether (sulfide) groups is 1. The molecule has 0 radical (unpaired) electrons. The summed E-state index contributed by atoms with van der Waals surface area (Å²) in [5.74, 6) is 0.668. The van der Waals surface area contributed by atoms with Gasteiger partial charge in [-0.1, -0.05) is 43.8 Å². The Morgan fingerprint density at radius 3 is 2.86 bits per heavy atom. The summed E-state index contributed by atoms with van der Waals surface area (Å²) in [4.78, 5) is 12.1. The fourth-order valence-electron chi connectivity index (χ4n) is 2.00. The molecule has 1 heterocycles. The molecule has 1 aromatic heterocycles. The minimum atomic E-state index is -0.0289. The van der Waals surface area contributed by atoms with Gasteiger partial charge in [-0.05, 0) is 24.5 Å². The molecule has 5 nitrogen and oxygen atoms in total. The van der Waals surface area contributed by atoms with E-state index >= 15 is 0 Å². The van der Waals surface area contributed by atoms with Crippen molar-refractivity contribution in [1.29, 1.82) is 0 Å². The molecule has 1 amide bonds. The first-order chi connectivity index (χ1) is 10.1. The van der Waals surface area contributed by atoms with Gasteiger partial charge in [0, 0.05) is 12.2 Å². The fraction of sp³-hybridized carbons (Fsp3) is 0.400. The minimum absolute atomic E-state index is 0.0289. The standard InChI is InChI=1S/C15H20N4OS/c1-4-19-10-16-18-15(19)21-9-14(20)17-13-8-6-5-7-12(13)11(2)3/h5-8,10-11H,4,9H2,1-3H3,(H,17,20). The van der Waals surface area contributed by atoms with Crippen molar-refractivity contribution in [2.24, 2.45) is 0 Å². The molecule has 112 valence electrons. The molecule has 2 aromatic rings. The molecule has 1 aromatic carbocycles. The Kier molecular flexibility index (Phi) is 5.38. The lowest BCUT2D eigenvalue weighted by Crippen LogP contribution is -2.16. The van der Waals surface area contributed by atoms with Crippen LogP contribution in [0, 0.1) is 0 Å². The zero-order chi connectivity index (χ0) is 15.2. The Balaban J connectivity index is 1.96. The van der Waals surface area contributed by atoms with Crippen LogP contribution in [0.2, 0.25) is 0 Å². The number of amides is 1. The fourth-order valence-corrected chi connectivity index (χ4v) is 2.78. The maximum atomic E-state index is 12.1. The number of anilines is 1. The van der Waals surface area contributed by atoms with E-state index in [-0.39, 0.29) is 5.91 Å². The SMILES string of the molecule is CCn1cnnc1SCC(=O)Nc1ccccc1C(C)C. The molecule has 0 saturated carbocycles. The summed E-state index contributed by atoms with van der Waals surface area (Å²) in [5.41, 5.74) is 2.03. The largest absolute Gasteiger partial charge is 0.325 e. The van der Waals surface area contributed by atoms with E-state index in [0.717, 1.165) is 23.0 Å². The summed E-state index contributed by atoms with van der Waals surface area (Å²) in [7, 11) is 0. The zero-order valence-electron chi connectivity index (χ0n) is 12.5. The Bertz CT molecular complexity index is 609. The van der Waals surface area contributed by atoms with Crippen molar-refractivity contribution in [2.45, 2.75) is 38.4 Å². The van der Waals surface area contributed by atoms with Crippen LogP contribution in [0.1, 0.15) is 32.3 Å². The minimum Gasteiger partial charge on any atom is -0.325 e. The summed E-state index contributed by atoms with van der Waals surface area (Å²) < 4.78 is 1.92. The van der Waals surface area contributed by atoms with Gasteiger partial charge in [-0.25, -0.2) is 0 Å². The highest BCUT2D eigenvalue weighted by molar-refractivity contribution is 7.99. The molecular weight excluding hydrogens is 284 g/mol. The predicted molar refractivity (Wildman–Crippen MR) is 85.6 cm³/mol. The van der Waals surface area contributed by atoms with Crippen molar-refractivity contribution in [3.63, 3.8) is 0 Å². The van der Waals surface area contributed by atoms with Gasteiger partial charge < -0.3 is 9.88 Å². The molecule has 0 fully saturated rings. The normalized spacial score (nSPS) is 10.9. The first-order valence-corrected chi connectivity index (χ1v) is 7.99. The molecule has 0 aliphatic carbocycles. The van der Waals surface area contributed by atoms with Crippen LogP contribution in [0.25, 0.3) is 0 Å². The van der Waals surface area contributed by atoms with E-state index in [9.17, 15) is 4.79 Å². The Labute approximate surface area is 129 Å². The number of hydrogen-bond acceptors (Lipinski definition) is 4. The Morgan fingerprint density at radius 1 is 1.38 bits per heavy atom. The molecule has 0 atom stereocenters. The third kappa shape index (κ3) is 4.07. The predicted octanol–water partition coefficient (Wildman–Crippen LogP) is 3.15. The van der Waals surface area contributed by atoms with E-state index in [1.165, 1.54) is 11.8 Å². The second-order valence-corrected chi connectivity index (χ2v) is 5.92. The number of carbonyl (C=O) groups excluding carboxylic acids is 1. The second-order valence-electron chi connectivity index (χ2n) is 4.98. The van der Waals surface area contributed by atoms with E-state index in [2.05, 4.69) is 29.4 Å². The van der Waals surface area contributed by atoms with E-state index in [0.29, 0.717) is 11.7 Å². The highest BCUT2D eigenvalue weighted by Crippen LogP contribution is 2.24. The smallest absolute Gasteiger partial charge is 0.234 e. The van der Waals surface area contributed by atoms with Gasteiger partial charge in [-0.2, -0.15) is 0 Å². The summed E-state index contributed by atoms with van der Waals surface area (Å²) in [6, 6.07) is 7.90. The lowest BCUT2D eigenvalue weighted by atomic mass is 10.0. The van der Waals surface area contributed by atoms with Gasteiger partial charge in [0.25, 0.3) is 0 Å². The van der Waals surface area contributed by atoms with Gasteiger partial charge in [-0.15, -0.1) is 10.2 Å². The van der Waals surface area contributed by atoms with Gasteiger partial charge >= 0.3 is 0 Å². The highest BCUT2D eigenvalue weighted by atomic mass is 32.2. The molecule has 0 bridgehead atoms. The number of para-hydroxylation sites is 1. The van der Waals surface area contributed by atoms with Crippen molar-refractivity contribution in [3.8, 4) is 0 Å². The van der Waals surface area contributed by atoms with Crippen LogP contribution in [0.15, 0.2) is 35.7 Å². The Hall–Kier alpha value is -1.82. The average Bonchev–Trinajstić information content (AvgIpc) is 2.93. The van der Waals surface area contributed by atoms with Crippen molar-refractivity contribution in [3.05, 3.63) is 36.2 Å². The third-order valence-corrected chi connectivity index (χ3v) is 4.09. The lowest BCUT2D eigenvalue weighted by Gasteiger charge is -2.13. The average molecular weight is 304 g/mol. The molecule has 0 saturated heterocycles. The molecule has 6 heteroatoms. The van der Waals surface area contributed by atoms with E-state index in [1.54, 1.807) is 6.33 Å². The van der Waals surface area contributed by atoms with Gasteiger partial charge in [0.2, 0.25) is 5.91 Å². The van der Waals surface area contributed by atoms with Crippen LogP contribution in [0.4, 0.5) is 5.69 Å². The maximum Gasteiger partial charge on any atom is 0.234 e. The topological polar surface area (TPSA) is 59.8 Å². The van der Waals surface area contributed by atoms with Crippen molar-refractivity contribution < 1.29 is 4.79 Å². The first-order valence-electron chi connectivity index (χ1n) is 7.01. The van der Waals surface area contributed by atoms with E-state index in [1.807, 2.05) is 35.8 Å². The molecule has 21 heavy (non-hydrogen) atoms. The van der Waals surface area contributed by atoms with Crippen LogP contribution in [-0.4, -0.2) is 26.4 Å². The number of hydrogen-bond donors (Lipinski definition) is 1. The van der Waals surface area contributed by atoms with Crippen LogP contribution >= 0.6 is 11.8 Å². The van der Waals surface area contributed by atoms with Crippen molar-refractivity contribution in [1.82, 2.24) is 14.8 Å². The summed E-state index contributed by atoms with van der Waals surface area (Å²) in [6.45, 7) is 7.05. The van der Waals surface area contributed by atoms with Gasteiger partial charge in [-0.3, -0.25) is 4.79 Å². The molecule has 0 unspecified atom stereocenters. The highest BCUT2D eigenvalue weighted by Gasteiger charge is 2.11. The van der Waals surface area contributed by atoms with Crippen LogP contribution in [0.5, 0.6) is 0 Å². The van der Waals surface area contributed by atoms with Gasteiger partial charge in [0.15, 0.2) is 5.16 Å². The summed E-state index contributed by atoms with van der Waals surface area (Å²) >= 11 is 1.40. The molecular formula is C15H20N4OS. The maximum absolute atomic E-state index is 12.1. The Morgan fingerprint density at radius 2 is 2.14 bits per heavy atom. The summed E-state index contributed by atoms with van der Waals surface area (Å²) in [6.07, 6.45) is 1.67. The number of rotatable bonds is 6. The van der Waals surface area contributed by atoms with Crippen molar-refractivity contribution >= 4 is 23.4 Å². The number of nitrogens with zero attached hydrogens (tertiary/aromatic N) is 3. The number of aryl methyl sites for hydroxylation is 1. The van der Waals surface area contributed by atoms with Crippen LogP contribution in [-0.2, 0) is 11.3 Å². The molecule has 0 spiro atoms. The summed E-state index contributed by atoms with van der Waals surface area (Å²) in [5, 5.41) is 11.6. The molecule has 0 aliphatic rings. The molecule has 1 N–H and O–H groups in total. The first kappa shape index (κ1) is 15.6. The number of nitrogens with one attached hydrogen (secondary N) is 1. The second kappa shape index (κ2) is 7.26. The quantitative estimate of drug-likeness (QED) is 0.833. The zero-order valence-corrected chi connectivity index (χ0v) is 13.4. The van der Waals surface area contributed by atoms with Crippen LogP contribution in [0.3, 0.4) is 0 Å². The van der Waals surface area contributed by atoms with E-state index < -0.39 is 0 Å². The van der Waals surface area contributed by atoms with Crippen LogP contribution < -0.4 is 5.32 Å². The van der Waals surface area contributed by atoms with Crippen molar-refractivity contribution in [2.75, 3.05) is 11.1 Å². The van der Waals surface area contributed by atoms with E-state index in [4.69, 9.17) is 0 Å². The van der Waals surface area contributed by atoms with Gasteiger partial charge in [0.1, 0.15) is 6.33 Å². The lowest BCUT2D eigenvalue weighted by molar-refractivity contribution is -0.113. The molecule has 0 aliphatic heterocycles. The number of benzene rings is 1. The third-order valence-electron chi connectivity index (χ3n) is 3.11. The number of carbonyl (C=O) groups is 1. The monoisotopic (exact) mass is 304 g/mol. The number of aromatic nitrogens is 3. The molecule has 2 rings (SSSR count).